The maximum absolute atomic E-state index is 12.5. The van der Waals surface area contributed by atoms with Crippen LogP contribution in [-0.4, -0.2) is 62.7 Å². The predicted octanol–water partition coefficient (Wildman–Crippen LogP) is 0.595. The third-order valence-corrected chi connectivity index (χ3v) is 7.04. The number of anilines is 1. The summed E-state index contributed by atoms with van der Waals surface area (Å²) in [5.41, 5.74) is 0. The first-order chi connectivity index (χ1) is 10.1. The normalized spacial score (nSPS) is 25.1. The Hall–Kier alpha value is -0.700. The summed E-state index contributed by atoms with van der Waals surface area (Å²) in [7, 11) is -3.13. The van der Waals surface area contributed by atoms with Crippen LogP contribution in [0.15, 0.2) is 11.6 Å². The third-order valence-electron chi connectivity index (χ3n) is 4.17. The number of piperazine rings is 1. The third kappa shape index (κ3) is 3.74. The lowest BCUT2D eigenvalue weighted by atomic mass is 10.0. The van der Waals surface area contributed by atoms with Crippen molar-refractivity contribution >= 4 is 26.5 Å². The molecule has 2 aliphatic rings. The van der Waals surface area contributed by atoms with Gasteiger partial charge in [-0.3, -0.25) is 0 Å². The van der Waals surface area contributed by atoms with Crippen LogP contribution in [0.4, 0.5) is 5.13 Å². The average molecular weight is 330 g/mol. The van der Waals surface area contributed by atoms with Crippen LogP contribution in [0.1, 0.15) is 12.8 Å². The van der Waals surface area contributed by atoms with Gasteiger partial charge in [0.25, 0.3) is 0 Å². The van der Waals surface area contributed by atoms with Crippen LogP contribution in [-0.2, 0) is 10.0 Å². The Morgan fingerprint density at radius 2 is 2.14 bits per heavy atom. The first-order valence-electron chi connectivity index (χ1n) is 7.48. The molecule has 1 aromatic rings. The first kappa shape index (κ1) is 15.2. The minimum Gasteiger partial charge on any atom is -0.345 e. The van der Waals surface area contributed by atoms with Crippen molar-refractivity contribution in [3.05, 3.63) is 11.6 Å². The van der Waals surface area contributed by atoms with Crippen molar-refractivity contribution in [1.29, 1.82) is 0 Å². The Morgan fingerprint density at radius 1 is 1.33 bits per heavy atom. The van der Waals surface area contributed by atoms with Gasteiger partial charge in [0.05, 0.1) is 5.75 Å². The largest absolute Gasteiger partial charge is 0.345 e. The van der Waals surface area contributed by atoms with Crippen LogP contribution in [0.25, 0.3) is 0 Å². The maximum atomic E-state index is 12.5. The van der Waals surface area contributed by atoms with Crippen LogP contribution in [0.2, 0.25) is 0 Å². The number of nitrogens with one attached hydrogen (secondary N) is 1. The summed E-state index contributed by atoms with van der Waals surface area (Å²) in [6, 6.07) is 0. The zero-order chi connectivity index (χ0) is 14.7. The lowest BCUT2D eigenvalue weighted by Gasteiger charge is -2.35. The smallest absolute Gasteiger partial charge is 0.214 e. The molecule has 1 aromatic heterocycles. The molecule has 0 aliphatic carbocycles. The second kappa shape index (κ2) is 6.60. The maximum Gasteiger partial charge on any atom is 0.214 e. The molecule has 118 valence electrons. The lowest BCUT2D eigenvalue weighted by Crippen LogP contribution is -2.50. The van der Waals surface area contributed by atoms with Gasteiger partial charge in [-0.15, -0.1) is 11.3 Å². The van der Waals surface area contributed by atoms with Crippen molar-refractivity contribution in [3.63, 3.8) is 0 Å². The minimum absolute atomic E-state index is 0.265. The molecule has 6 nitrogen and oxygen atoms in total. The highest BCUT2D eigenvalue weighted by Crippen LogP contribution is 2.21. The van der Waals surface area contributed by atoms with Gasteiger partial charge in [0.1, 0.15) is 0 Å². The monoisotopic (exact) mass is 330 g/mol. The van der Waals surface area contributed by atoms with Gasteiger partial charge in [-0.2, -0.15) is 4.31 Å². The molecule has 0 amide bonds. The summed E-state index contributed by atoms with van der Waals surface area (Å²) in [6.07, 6.45) is 3.89. The van der Waals surface area contributed by atoms with E-state index in [9.17, 15) is 8.42 Å². The van der Waals surface area contributed by atoms with Gasteiger partial charge in [0, 0.05) is 37.8 Å². The van der Waals surface area contributed by atoms with E-state index in [-0.39, 0.29) is 11.7 Å². The van der Waals surface area contributed by atoms with Gasteiger partial charge in [0.15, 0.2) is 5.13 Å². The van der Waals surface area contributed by atoms with Gasteiger partial charge in [-0.1, -0.05) is 0 Å². The van der Waals surface area contributed by atoms with Crippen LogP contribution in [0, 0.1) is 5.92 Å². The van der Waals surface area contributed by atoms with E-state index in [1.807, 2.05) is 5.38 Å². The van der Waals surface area contributed by atoms with Crippen molar-refractivity contribution in [1.82, 2.24) is 14.6 Å². The van der Waals surface area contributed by atoms with E-state index in [0.717, 1.165) is 44.2 Å². The van der Waals surface area contributed by atoms with Crippen molar-refractivity contribution in [3.8, 4) is 0 Å². The number of sulfonamides is 1. The van der Waals surface area contributed by atoms with Gasteiger partial charge in [-0.05, 0) is 31.8 Å². The topological polar surface area (TPSA) is 65.5 Å². The molecule has 3 heterocycles. The van der Waals surface area contributed by atoms with E-state index in [1.165, 1.54) is 0 Å². The number of thiazole rings is 1. The number of rotatable bonds is 4. The molecular formula is C13H22N4O2S2. The van der Waals surface area contributed by atoms with Gasteiger partial charge in [0.2, 0.25) is 10.0 Å². The van der Waals surface area contributed by atoms with Crippen molar-refractivity contribution in [2.45, 2.75) is 12.8 Å². The standard InChI is InChI=1S/C13H22N4O2S2/c18-21(19,11-12-2-1-3-14-10-12)17-7-5-16(6-8-17)13-15-4-9-20-13/h4,9,12,14H,1-3,5-8,10-11H2. The summed E-state index contributed by atoms with van der Waals surface area (Å²) >= 11 is 1.61. The Bertz CT molecular complexity index is 533. The molecule has 1 unspecified atom stereocenters. The fraction of sp³-hybridized carbons (Fsp3) is 0.769. The molecule has 2 saturated heterocycles. The molecule has 1 N–H and O–H groups in total. The predicted molar refractivity (Wildman–Crippen MR) is 85.3 cm³/mol. The highest BCUT2D eigenvalue weighted by atomic mass is 32.2. The van der Waals surface area contributed by atoms with E-state index in [1.54, 1.807) is 21.8 Å². The fourth-order valence-corrected chi connectivity index (χ4v) is 5.51. The highest BCUT2D eigenvalue weighted by molar-refractivity contribution is 7.89. The van der Waals surface area contributed by atoms with Crippen LogP contribution in [0.3, 0.4) is 0 Å². The van der Waals surface area contributed by atoms with E-state index >= 15 is 0 Å². The van der Waals surface area contributed by atoms with Gasteiger partial charge in [-0.25, -0.2) is 13.4 Å². The number of nitrogens with zero attached hydrogens (tertiary/aromatic N) is 3. The lowest BCUT2D eigenvalue weighted by molar-refractivity contribution is 0.364. The molecule has 1 atom stereocenters. The molecule has 0 bridgehead atoms. The molecule has 8 heteroatoms. The van der Waals surface area contributed by atoms with Crippen LogP contribution < -0.4 is 10.2 Å². The summed E-state index contributed by atoms with van der Waals surface area (Å²) in [4.78, 5) is 6.45. The molecular weight excluding hydrogens is 308 g/mol. The zero-order valence-corrected chi connectivity index (χ0v) is 13.7. The van der Waals surface area contributed by atoms with Gasteiger partial charge >= 0.3 is 0 Å². The van der Waals surface area contributed by atoms with Crippen LogP contribution >= 0.6 is 11.3 Å². The van der Waals surface area contributed by atoms with E-state index in [0.29, 0.717) is 13.1 Å². The summed E-state index contributed by atoms with van der Waals surface area (Å²) in [6.45, 7) is 4.46. The number of aromatic nitrogens is 1. The molecule has 21 heavy (non-hydrogen) atoms. The van der Waals surface area contributed by atoms with Crippen molar-refractivity contribution < 1.29 is 8.42 Å². The molecule has 0 saturated carbocycles. The molecule has 0 aromatic carbocycles. The summed E-state index contributed by atoms with van der Waals surface area (Å²) < 4.78 is 26.7. The number of hydrogen-bond donors (Lipinski definition) is 1. The molecule has 0 radical (unpaired) electrons. The van der Waals surface area contributed by atoms with Gasteiger partial charge < -0.3 is 10.2 Å². The van der Waals surface area contributed by atoms with E-state index in [4.69, 9.17) is 0 Å². The molecule has 2 fully saturated rings. The minimum atomic E-state index is -3.13. The Labute approximate surface area is 130 Å². The van der Waals surface area contributed by atoms with E-state index < -0.39 is 10.0 Å². The Kier molecular flexibility index (Phi) is 4.78. The SMILES string of the molecule is O=S(=O)(CC1CCCNC1)N1CCN(c2nccs2)CC1. The van der Waals surface area contributed by atoms with Crippen LogP contribution in [0.5, 0.6) is 0 Å². The second-order valence-corrected chi connectivity index (χ2v) is 8.58. The molecule has 2 aliphatic heterocycles. The Morgan fingerprint density at radius 3 is 2.76 bits per heavy atom. The van der Waals surface area contributed by atoms with Crippen molar-refractivity contribution in [2.24, 2.45) is 5.92 Å². The van der Waals surface area contributed by atoms with Crippen molar-refractivity contribution in [2.75, 3.05) is 49.9 Å². The highest BCUT2D eigenvalue weighted by Gasteiger charge is 2.30. The Balaban J connectivity index is 1.55. The number of hydrogen-bond acceptors (Lipinski definition) is 6. The first-order valence-corrected chi connectivity index (χ1v) is 9.97. The second-order valence-electron chi connectivity index (χ2n) is 5.69. The van der Waals surface area contributed by atoms with E-state index in [2.05, 4.69) is 15.2 Å². The summed E-state index contributed by atoms with van der Waals surface area (Å²) in [5, 5.41) is 6.23. The quantitative estimate of drug-likeness (QED) is 0.875. The fourth-order valence-electron chi connectivity index (χ4n) is 3.00. The zero-order valence-electron chi connectivity index (χ0n) is 12.1. The molecule has 3 rings (SSSR count). The summed E-state index contributed by atoms with van der Waals surface area (Å²) in [5.74, 6) is 0.554. The average Bonchev–Trinajstić information content (AvgIpc) is 3.02. The number of piperidine rings is 1. The molecule has 0 spiro atoms.